The van der Waals surface area contributed by atoms with E-state index in [1.165, 1.54) is 0 Å². The molecule has 1 heterocycles. The van der Waals surface area contributed by atoms with E-state index < -0.39 is 0 Å². The lowest BCUT2D eigenvalue weighted by Gasteiger charge is -2.39. The Morgan fingerprint density at radius 2 is 2.06 bits per heavy atom. The first kappa shape index (κ1) is 14.4. The Bertz CT molecular complexity index is 239. The van der Waals surface area contributed by atoms with Crippen molar-refractivity contribution in [3.63, 3.8) is 0 Å². The van der Waals surface area contributed by atoms with Gasteiger partial charge in [-0.25, -0.2) is 0 Å². The summed E-state index contributed by atoms with van der Waals surface area (Å²) in [6, 6.07) is 0.622. The van der Waals surface area contributed by atoms with E-state index >= 15 is 0 Å². The van der Waals surface area contributed by atoms with Gasteiger partial charge < -0.3 is 16.4 Å². The first-order valence-corrected chi connectivity index (χ1v) is 6.51. The smallest absolute Gasteiger partial charge is 0.219 e. The predicted molar refractivity (Wildman–Crippen MR) is 69.6 cm³/mol. The second-order valence-corrected chi connectivity index (χ2v) is 4.89. The van der Waals surface area contributed by atoms with Crippen LogP contribution in [0.1, 0.15) is 26.2 Å². The summed E-state index contributed by atoms with van der Waals surface area (Å²) < 4.78 is 0. The molecule has 1 saturated heterocycles. The zero-order chi connectivity index (χ0) is 12.8. The molecular formula is C12H26N4O. The summed E-state index contributed by atoms with van der Waals surface area (Å²) in [5, 5.41) is 0. The van der Waals surface area contributed by atoms with Gasteiger partial charge in [-0.3, -0.25) is 9.69 Å². The molecule has 17 heavy (non-hydrogen) atoms. The van der Waals surface area contributed by atoms with Crippen LogP contribution < -0.4 is 11.5 Å². The van der Waals surface area contributed by atoms with E-state index in [1.54, 1.807) is 0 Å². The van der Waals surface area contributed by atoms with Gasteiger partial charge >= 0.3 is 0 Å². The molecule has 1 amide bonds. The molecule has 5 nitrogen and oxygen atoms in total. The molecule has 0 radical (unpaired) electrons. The monoisotopic (exact) mass is 242 g/mol. The fourth-order valence-electron chi connectivity index (χ4n) is 2.57. The number of likely N-dealkylation sites (N-methyl/N-ethyl adjacent to an activating group) is 1. The van der Waals surface area contributed by atoms with Gasteiger partial charge in [-0.2, -0.15) is 0 Å². The van der Waals surface area contributed by atoms with Gasteiger partial charge in [0.2, 0.25) is 5.91 Å². The molecule has 5 heteroatoms. The van der Waals surface area contributed by atoms with Gasteiger partial charge in [0.1, 0.15) is 0 Å². The van der Waals surface area contributed by atoms with Gasteiger partial charge in [0.05, 0.1) is 0 Å². The maximum absolute atomic E-state index is 11.0. The van der Waals surface area contributed by atoms with Crippen molar-refractivity contribution in [1.82, 2.24) is 9.80 Å². The highest BCUT2D eigenvalue weighted by Gasteiger charge is 2.26. The molecule has 0 aromatic heterocycles. The Kier molecular flexibility index (Phi) is 5.88. The predicted octanol–water partition coefficient (Wildman–Crippen LogP) is -0.395. The van der Waals surface area contributed by atoms with Gasteiger partial charge in [0, 0.05) is 25.0 Å². The molecule has 0 spiro atoms. The maximum atomic E-state index is 11.0. The summed E-state index contributed by atoms with van der Waals surface area (Å²) in [5.74, 6) is -0.265. The summed E-state index contributed by atoms with van der Waals surface area (Å²) >= 11 is 0. The summed E-state index contributed by atoms with van der Waals surface area (Å²) in [6.45, 7) is 6.09. The van der Waals surface area contributed by atoms with Crippen LogP contribution in [0.5, 0.6) is 0 Å². The first-order valence-electron chi connectivity index (χ1n) is 6.51. The number of piperidine rings is 1. The summed E-state index contributed by atoms with van der Waals surface area (Å²) in [5.41, 5.74) is 11.0. The lowest BCUT2D eigenvalue weighted by molar-refractivity contribution is -0.119. The molecule has 4 N–H and O–H groups in total. The van der Waals surface area contributed by atoms with E-state index in [0.29, 0.717) is 19.0 Å². The average molecular weight is 242 g/mol. The minimum absolute atomic E-state index is 0.0886. The number of hydrogen-bond donors (Lipinski definition) is 2. The van der Waals surface area contributed by atoms with Gasteiger partial charge in [-0.05, 0) is 39.5 Å². The highest BCUT2D eigenvalue weighted by molar-refractivity contribution is 5.74. The minimum Gasteiger partial charge on any atom is -0.370 e. The Morgan fingerprint density at radius 3 is 2.47 bits per heavy atom. The fraction of sp³-hybridized carbons (Fsp3) is 0.917. The minimum atomic E-state index is -0.265. The standard InChI is InChI=1S/C12H26N4O/c1-3-16-6-4-10(5-7-16)15(2)11(9-13)8-12(14)17/h10-11H,3-9,13H2,1-2H3,(H2,14,17). The van der Waals surface area contributed by atoms with Crippen molar-refractivity contribution in [2.24, 2.45) is 11.5 Å². The normalized spacial score (nSPS) is 20.7. The average Bonchev–Trinajstić information content (AvgIpc) is 2.35. The van der Waals surface area contributed by atoms with Crippen LogP contribution in [0.3, 0.4) is 0 Å². The van der Waals surface area contributed by atoms with E-state index in [1.807, 2.05) is 0 Å². The van der Waals surface area contributed by atoms with Crippen LogP contribution in [0, 0.1) is 0 Å². The molecule has 0 bridgehead atoms. The molecule has 1 fully saturated rings. The fourth-order valence-corrected chi connectivity index (χ4v) is 2.57. The number of carbonyl (C=O) groups is 1. The van der Waals surface area contributed by atoms with Crippen LogP contribution in [0.25, 0.3) is 0 Å². The number of amides is 1. The van der Waals surface area contributed by atoms with E-state index in [9.17, 15) is 4.79 Å². The summed E-state index contributed by atoms with van der Waals surface area (Å²) in [4.78, 5) is 15.7. The van der Waals surface area contributed by atoms with Crippen molar-refractivity contribution in [2.45, 2.75) is 38.3 Å². The second kappa shape index (κ2) is 6.93. The highest BCUT2D eigenvalue weighted by Crippen LogP contribution is 2.17. The van der Waals surface area contributed by atoms with Crippen molar-refractivity contribution >= 4 is 5.91 Å². The van der Waals surface area contributed by atoms with Crippen molar-refractivity contribution in [3.05, 3.63) is 0 Å². The van der Waals surface area contributed by atoms with Gasteiger partial charge in [-0.15, -0.1) is 0 Å². The van der Waals surface area contributed by atoms with Crippen molar-refractivity contribution in [1.29, 1.82) is 0 Å². The summed E-state index contributed by atoms with van der Waals surface area (Å²) in [6.07, 6.45) is 2.67. The van der Waals surface area contributed by atoms with Gasteiger partial charge in [0.15, 0.2) is 0 Å². The number of likely N-dealkylation sites (tertiary alicyclic amines) is 1. The molecule has 100 valence electrons. The molecule has 0 aliphatic carbocycles. The van der Waals surface area contributed by atoms with Gasteiger partial charge in [-0.1, -0.05) is 6.92 Å². The Morgan fingerprint density at radius 1 is 1.47 bits per heavy atom. The second-order valence-electron chi connectivity index (χ2n) is 4.89. The van der Waals surface area contributed by atoms with Crippen molar-refractivity contribution in [3.8, 4) is 0 Å². The summed E-state index contributed by atoms with van der Waals surface area (Å²) in [7, 11) is 2.06. The van der Waals surface area contributed by atoms with E-state index in [0.717, 1.165) is 32.5 Å². The third kappa shape index (κ3) is 4.26. The third-order valence-electron chi connectivity index (χ3n) is 3.87. The molecule has 0 saturated carbocycles. The highest BCUT2D eigenvalue weighted by atomic mass is 16.1. The number of primary amides is 1. The quantitative estimate of drug-likeness (QED) is 0.665. The maximum Gasteiger partial charge on any atom is 0.219 e. The zero-order valence-electron chi connectivity index (χ0n) is 11.1. The van der Waals surface area contributed by atoms with Crippen molar-refractivity contribution < 1.29 is 4.79 Å². The molecule has 1 atom stereocenters. The third-order valence-corrected chi connectivity index (χ3v) is 3.87. The van der Waals surface area contributed by atoms with Crippen LogP contribution in [-0.4, -0.2) is 61.0 Å². The SMILES string of the molecule is CCN1CCC(N(C)C(CN)CC(N)=O)CC1. The van der Waals surface area contributed by atoms with Crippen LogP contribution in [0.15, 0.2) is 0 Å². The molecule has 1 aliphatic rings. The van der Waals surface area contributed by atoms with Crippen LogP contribution in [0.2, 0.25) is 0 Å². The van der Waals surface area contributed by atoms with Crippen LogP contribution in [-0.2, 0) is 4.79 Å². The topological polar surface area (TPSA) is 75.6 Å². The molecule has 1 rings (SSSR count). The molecular weight excluding hydrogens is 216 g/mol. The van der Waals surface area contributed by atoms with Gasteiger partial charge in [0.25, 0.3) is 0 Å². The Balaban J connectivity index is 2.45. The number of hydrogen-bond acceptors (Lipinski definition) is 4. The lowest BCUT2D eigenvalue weighted by Crippen LogP contribution is -2.50. The Labute approximate surface area is 104 Å². The first-order chi connectivity index (χ1) is 8.08. The number of nitrogens with zero attached hydrogens (tertiary/aromatic N) is 2. The van der Waals surface area contributed by atoms with E-state index in [2.05, 4.69) is 23.8 Å². The molecule has 1 aliphatic heterocycles. The number of carbonyl (C=O) groups excluding carboxylic acids is 1. The van der Waals surface area contributed by atoms with Crippen molar-refractivity contribution in [2.75, 3.05) is 33.2 Å². The zero-order valence-corrected chi connectivity index (χ0v) is 11.1. The van der Waals surface area contributed by atoms with E-state index in [-0.39, 0.29) is 11.9 Å². The van der Waals surface area contributed by atoms with E-state index in [4.69, 9.17) is 11.5 Å². The molecule has 0 aromatic rings. The van der Waals surface area contributed by atoms with Crippen LogP contribution in [0.4, 0.5) is 0 Å². The van der Waals surface area contributed by atoms with Crippen LogP contribution >= 0.6 is 0 Å². The number of nitrogens with two attached hydrogens (primary N) is 2. The molecule has 1 unspecified atom stereocenters. The number of rotatable bonds is 6. The Hall–Kier alpha value is -0.650. The largest absolute Gasteiger partial charge is 0.370 e. The molecule has 0 aromatic carbocycles. The lowest BCUT2D eigenvalue weighted by atomic mass is 10.0.